The van der Waals surface area contributed by atoms with E-state index < -0.39 is 64.8 Å². The summed E-state index contributed by atoms with van der Waals surface area (Å²) in [5.74, 6) is -0.0644. The fourth-order valence-corrected chi connectivity index (χ4v) is 10.5. The van der Waals surface area contributed by atoms with Crippen LogP contribution in [0.2, 0.25) is 5.15 Å². The summed E-state index contributed by atoms with van der Waals surface area (Å²) in [6, 6.07) is 12.4. The molecule has 0 amide bonds. The minimum Gasteiger partial charge on any atom is -0.489 e. The Labute approximate surface area is 480 Å². The number of carbonyl (C=O) groups is 2. The molecule has 0 atom stereocenters. The van der Waals surface area contributed by atoms with E-state index in [1.807, 2.05) is 0 Å². The second-order valence-corrected chi connectivity index (χ2v) is 19.3. The van der Waals surface area contributed by atoms with Crippen LogP contribution in [0.25, 0.3) is 53.5 Å². The van der Waals surface area contributed by atoms with Gasteiger partial charge in [-0.3, -0.25) is 28.7 Å². The largest absolute Gasteiger partial charge is 0.490 e. The van der Waals surface area contributed by atoms with E-state index >= 15 is 0 Å². The molecule has 0 aliphatic heterocycles. The molecule has 0 unspecified atom stereocenters. The summed E-state index contributed by atoms with van der Waals surface area (Å²) in [6.07, 6.45) is -3.59. The molecule has 0 aliphatic rings. The van der Waals surface area contributed by atoms with Crippen molar-refractivity contribution in [2.24, 2.45) is 0 Å². The molecule has 8 heterocycles. The third-order valence-corrected chi connectivity index (χ3v) is 14.4. The van der Waals surface area contributed by atoms with Gasteiger partial charge in [-0.05, 0) is 50.2 Å². The third kappa shape index (κ3) is 12.7. The van der Waals surface area contributed by atoms with Crippen LogP contribution < -0.4 is 26.1 Å². The topological polar surface area (TPSA) is 306 Å². The predicted octanol–water partition coefficient (Wildman–Crippen LogP) is 7.41. The van der Waals surface area contributed by atoms with Crippen molar-refractivity contribution in [1.29, 1.82) is 10.5 Å². The normalized spacial score (nSPS) is 11.3. The van der Waals surface area contributed by atoms with Crippen molar-refractivity contribution in [2.45, 2.75) is 39.3 Å². The quantitative estimate of drug-likeness (QED) is 0.0683. The van der Waals surface area contributed by atoms with Crippen molar-refractivity contribution in [3.63, 3.8) is 0 Å². The molecule has 22 nitrogen and oxygen atoms in total. The maximum atomic E-state index is 13.3. The summed E-state index contributed by atoms with van der Waals surface area (Å²) < 4.78 is 103. The first-order valence-electron chi connectivity index (χ1n) is 23.9. The van der Waals surface area contributed by atoms with Crippen LogP contribution >= 0.6 is 34.3 Å². The maximum absolute atomic E-state index is 13.3. The fourth-order valence-electron chi connectivity index (χ4n) is 8.26. The lowest BCUT2D eigenvalue weighted by molar-refractivity contribution is -0.138. The molecule has 10 rings (SSSR count). The van der Waals surface area contributed by atoms with Crippen molar-refractivity contribution in [3.8, 4) is 34.9 Å². The van der Waals surface area contributed by atoms with E-state index in [2.05, 4.69) is 45.1 Å². The smallest absolute Gasteiger partial charge is 0.489 e. The first-order chi connectivity index (χ1) is 40.0. The molecule has 0 bridgehead atoms. The minimum atomic E-state index is -4.70. The Kier molecular flexibility index (Phi) is 18.3. The first-order valence-corrected chi connectivity index (χ1v) is 26.0. The fraction of sp³-hybridized carbons (Fsp3) is 0.192. The Balaban J connectivity index is 0.000000181. The molecule has 0 radical (unpaired) electrons. The third-order valence-electron chi connectivity index (χ3n) is 12.1. The summed E-state index contributed by atoms with van der Waals surface area (Å²) in [7, 11) is 0.995. The van der Waals surface area contributed by atoms with Gasteiger partial charge in [0.1, 0.15) is 48.4 Å². The molecule has 2 aromatic carbocycles. The number of methoxy groups -OCH3 is 2. The zero-order valence-electron chi connectivity index (χ0n) is 43.5. The molecule has 0 fully saturated rings. The number of rotatable bonds is 12. The molecule has 84 heavy (non-hydrogen) atoms. The number of carbonyl (C=O) groups excluding carboxylic acids is 2. The molecule has 8 aromatic heterocycles. The van der Waals surface area contributed by atoms with Gasteiger partial charge in [0.2, 0.25) is 0 Å². The molecule has 0 spiro atoms. The zero-order chi connectivity index (χ0) is 60.8. The van der Waals surface area contributed by atoms with E-state index in [-0.39, 0.29) is 70.7 Å². The highest BCUT2D eigenvalue weighted by Gasteiger charge is 2.34. The number of hydrogen-bond donors (Lipinski definition) is 2. The number of nitrogens with zero attached hydrogens (tertiary/aromatic N) is 12. The van der Waals surface area contributed by atoms with Gasteiger partial charge in [-0.15, -0.1) is 32.9 Å². The Morgan fingerprint density at radius 1 is 0.679 bits per heavy atom. The second-order valence-electron chi connectivity index (χ2n) is 17.2. The van der Waals surface area contributed by atoms with Gasteiger partial charge in [0.25, 0.3) is 11.1 Å². The lowest BCUT2D eigenvalue weighted by atomic mass is 9.80. The number of fused-ring (bicyclic) bond motifs is 4. The number of thiophene rings is 2. The van der Waals surface area contributed by atoms with Gasteiger partial charge in [-0.1, -0.05) is 11.6 Å². The molecule has 2 N–H and O–H groups in total. The van der Waals surface area contributed by atoms with E-state index in [9.17, 15) is 56.0 Å². The van der Waals surface area contributed by atoms with Crippen LogP contribution in [-0.4, -0.2) is 106 Å². The Hall–Kier alpha value is -9.53. The lowest BCUT2D eigenvalue weighted by Gasteiger charge is -2.15. The number of halogens is 7. The number of nitriles is 2. The van der Waals surface area contributed by atoms with Crippen LogP contribution in [0.1, 0.15) is 54.6 Å². The van der Waals surface area contributed by atoms with E-state index in [0.29, 0.717) is 66.2 Å². The van der Waals surface area contributed by atoms with E-state index in [1.165, 1.54) is 96.8 Å². The summed E-state index contributed by atoms with van der Waals surface area (Å²) >= 11 is 8.34. The molecular weight excluding hydrogens is 1180 g/mol. The van der Waals surface area contributed by atoms with Crippen molar-refractivity contribution < 1.29 is 64.9 Å². The van der Waals surface area contributed by atoms with Crippen molar-refractivity contribution in [1.82, 2.24) is 49.5 Å². The van der Waals surface area contributed by atoms with Gasteiger partial charge in [-0.25, -0.2) is 19.6 Å². The SMILES string of the molecule is COC(=O)c1csc2c(-c3nnccc3OCCn3c(C)nc4cc(C(F)(F)F)cc(C#N)c4c3=O)ccnc12.COC(=O)c1csc2c(B(O)O)ccnc12.Cc1nc2cc(C(F)(F)F)cc(C#N)c2c(=O)n1CCOc1ccnnc1Cl. The summed E-state index contributed by atoms with van der Waals surface area (Å²) in [6.45, 7) is 2.96. The van der Waals surface area contributed by atoms with Gasteiger partial charge in [0.15, 0.2) is 10.9 Å². The molecule has 0 saturated carbocycles. The minimum absolute atomic E-state index is 0.0154. The Morgan fingerprint density at radius 2 is 1.14 bits per heavy atom. The molecular formula is C52H36BClF6N12O10S2. The lowest BCUT2D eigenvalue weighted by Crippen LogP contribution is -2.30. The Bertz CT molecular complexity index is 4420. The van der Waals surface area contributed by atoms with E-state index in [4.69, 9.17) is 35.9 Å². The van der Waals surface area contributed by atoms with Crippen LogP contribution in [0, 0.1) is 36.5 Å². The van der Waals surface area contributed by atoms with E-state index in [1.54, 1.807) is 35.0 Å². The number of pyridine rings is 2. The van der Waals surface area contributed by atoms with Crippen LogP contribution in [-0.2, 0) is 34.9 Å². The average Bonchev–Trinajstić information content (AvgIpc) is 1.78. The monoisotopic (exact) mass is 1210 g/mol. The number of ether oxygens (including phenoxy) is 4. The number of aromatic nitrogens is 10. The zero-order valence-corrected chi connectivity index (χ0v) is 45.9. The summed E-state index contributed by atoms with van der Waals surface area (Å²) in [4.78, 5) is 66.1. The average molecular weight is 1210 g/mol. The Morgan fingerprint density at radius 3 is 1.62 bits per heavy atom. The standard InChI is InChI=1S/C26H17F3N6O4S.C17H11ClF3N5O2.C9H8BNO4S/c1-13-33-18-10-15(26(27,28)29)9-14(11-30)20(18)24(36)35(13)7-8-39-19-4-6-32-34-21(19)16-3-5-31-22-17(25(37)38-2)12-40-23(16)22;1-9-24-12-7-11(17(19,20)21)6-10(8-22)14(12)16(27)26(9)4-5-28-13-2-3-23-25-15(13)18;1-15-9(12)5-4-16-8-6(10(13)14)2-3-11-7(5)8/h3-6,9-10,12H,7-8H2,1-2H3;2-3,6-7H,4-5H2,1H3;2-4,13-14H,1H3. The first kappa shape index (κ1) is 60.6. The summed E-state index contributed by atoms with van der Waals surface area (Å²) in [5, 5.41) is 55.2. The highest BCUT2D eigenvalue weighted by Crippen LogP contribution is 2.38. The van der Waals surface area contributed by atoms with Crippen LogP contribution in [0.5, 0.6) is 11.5 Å². The van der Waals surface area contributed by atoms with Crippen molar-refractivity contribution >= 4 is 101 Å². The number of esters is 2. The molecule has 32 heteroatoms. The summed E-state index contributed by atoms with van der Waals surface area (Å²) in [5.41, 5.74) is -1.73. The van der Waals surface area contributed by atoms with Gasteiger partial charge < -0.3 is 29.0 Å². The predicted molar refractivity (Wildman–Crippen MR) is 292 cm³/mol. The molecule has 0 aliphatic carbocycles. The maximum Gasteiger partial charge on any atom is 0.490 e. The number of aryl methyl sites for hydroxylation is 2. The number of hydrogen-bond acceptors (Lipinski definition) is 22. The molecule has 0 saturated heterocycles. The second kappa shape index (κ2) is 25.3. The highest BCUT2D eigenvalue weighted by atomic mass is 35.5. The number of benzene rings is 2. The van der Waals surface area contributed by atoms with Gasteiger partial charge >= 0.3 is 31.4 Å². The van der Waals surface area contributed by atoms with Gasteiger partial charge in [0, 0.05) is 46.3 Å². The van der Waals surface area contributed by atoms with E-state index in [0.717, 1.165) is 12.1 Å². The molecule has 428 valence electrons. The highest BCUT2D eigenvalue weighted by molar-refractivity contribution is 7.19. The van der Waals surface area contributed by atoms with Crippen LogP contribution in [0.15, 0.2) is 93.7 Å². The van der Waals surface area contributed by atoms with Crippen molar-refractivity contribution in [3.05, 3.63) is 155 Å². The van der Waals surface area contributed by atoms with Crippen LogP contribution in [0.4, 0.5) is 26.3 Å². The van der Waals surface area contributed by atoms with Crippen molar-refractivity contribution in [2.75, 3.05) is 27.4 Å². The van der Waals surface area contributed by atoms with Gasteiger partial charge in [0.05, 0.1) is 115 Å². The van der Waals surface area contributed by atoms with Gasteiger partial charge in [-0.2, -0.15) is 47.1 Å². The molecule has 10 aromatic rings. The number of alkyl halides is 6. The van der Waals surface area contributed by atoms with Crippen LogP contribution in [0.3, 0.4) is 0 Å².